The first-order chi connectivity index (χ1) is 15.1. The highest BCUT2D eigenvalue weighted by atomic mass is 31.2. The van der Waals surface area contributed by atoms with Crippen LogP contribution in [0, 0.1) is 5.41 Å². The summed E-state index contributed by atoms with van der Waals surface area (Å²) in [6.07, 6.45) is 2.75. The molecule has 3 aliphatic heterocycles. The highest BCUT2D eigenvalue weighted by molar-refractivity contribution is 7.95. The van der Waals surface area contributed by atoms with Gasteiger partial charge in [-0.25, -0.2) is 0 Å². The third kappa shape index (κ3) is 3.97. The van der Waals surface area contributed by atoms with Gasteiger partial charge in [0.05, 0.1) is 26.0 Å². The van der Waals surface area contributed by atoms with Crippen molar-refractivity contribution in [3.63, 3.8) is 0 Å². The Morgan fingerprint density at radius 2 is 1.03 bits per heavy atom. The third-order valence-electron chi connectivity index (χ3n) is 6.49. The topological polar surface area (TPSA) is 27.7 Å². The zero-order chi connectivity index (χ0) is 21.2. The van der Waals surface area contributed by atoms with E-state index >= 15 is 0 Å². The van der Waals surface area contributed by atoms with Gasteiger partial charge in [-0.3, -0.25) is 0 Å². The Morgan fingerprint density at radius 1 is 0.645 bits per heavy atom. The van der Waals surface area contributed by atoms with E-state index in [4.69, 9.17) is 14.2 Å². The molecule has 0 saturated carbocycles. The fourth-order valence-electron chi connectivity index (χ4n) is 4.73. The smallest absolute Gasteiger partial charge is 0.283 e. The van der Waals surface area contributed by atoms with Gasteiger partial charge in [0, 0.05) is 11.8 Å². The SMILES string of the molecule is CC12COC(CCC[P+](c3ccccc3)(c3ccccc3)c3ccccc3)(OC1)OC2. The minimum absolute atomic E-state index is 0.00335. The Kier molecular flexibility index (Phi) is 5.71. The van der Waals surface area contributed by atoms with Crippen LogP contribution in [0.15, 0.2) is 91.0 Å². The number of hydrogen-bond donors (Lipinski definition) is 0. The fraction of sp³-hybridized carbons (Fsp3) is 0.333. The average Bonchev–Trinajstić information content (AvgIpc) is 2.85. The highest BCUT2D eigenvalue weighted by Crippen LogP contribution is 2.56. The lowest BCUT2D eigenvalue weighted by Crippen LogP contribution is -2.58. The number of rotatable bonds is 7. The molecule has 0 aromatic heterocycles. The van der Waals surface area contributed by atoms with Gasteiger partial charge >= 0.3 is 0 Å². The summed E-state index contributed by atoms with van der Waals surface area (Å²) in [4.78, 5) is 0. The summed E-state index contributed by atoms with van der Waals surface area (Å²) in [5.74, 6) is -0.864. The lowest BCUT2D eigenvalue weighted by atomic mass is 9.91. The van der Waals surface area contributed by atoms with Crippen LogP contribution in [0.2, 0.25) is 0 Å². The average molecular weight is 434 g/mol. The van der Waals surface area contributed by atoms with Crippen molar-refractivity contribution in [2.75, 3.05) is 26.0 Å². The summed E-state index contributed by atoms with van der Waals surface area (Å²) in [7, 11) is -1.83. The van der Waals surface area contributed by atoms with Crippen LogP contribution in [0.25, 0.3) is 0 Å². The molecule has 0 amide bonds. The molecule has 6 rings (SSSR count). The summed E-state index contributed by atoms with van der Waals surface area (Å²) in [6.45, 7) is 4.29. The van der Waals surface area contributed by atoms with E-state index in [-0.39, 0.29) is 5.41 Å². The van der Waals surface area contributed by atoms with E-state index in [1.807, 2.05) is 0 Å². The molecule has 3 aromatic carbocycles. The number of fused-ring (bicyclic) bond motifs is 3. The van der Waals surface area contributed by atoms with Crippen LogP contribution < -0.4 is 15.9 Å². The summed E-state index contributed by atoms with van der Waals surface area (Å²) in [5, 5.41) is 4.23. The first kappa shape index (κ1) is 20.8. The third-order valence-corrected chi connectivity index (χ3v) is 11.0. The largest absolute Gasteiger partial charge is 0.327 e. The standard InChI is InChI=1S/C27H30O3P/c1-26-20-28-27(29-21-26,30-22-26)18-11-19-31(23-12-5-2-6-13-23,24-14-7-3-8-15-24)25-16-9-4-10-17-25/h2-10,12-17H,11,18-22H2,1H3/q+1. The minimum Gasteiger partial charge on any atom is -0.327 e. The van der Waals surface area contributed by atoms with E-state index in [0.29, 0.717) is 19.8 Å². The molecule has 3 nitrogen and oxygen atoms in total. The maximum Gasteiger partial charge on any atom is 0.283 e. The van der Waals surface area contributed by atoms with Gasteiger partial charge in [0.2, 0.25) is 0 Å². The molecule has 3 aromatic rings. The molecule has 160 valence electrons. The van der Waals surface area contributed by atoms with Gasteiger partial charge in [-0.1, -0.05) is 61.5 Å². The van der Waals surface area contributed by atoms with E-state index in [9.17, 15) is 0 Å². The molecule has 0 radical (unpaired) electrons. The molecule has 2 bridgehead atoms. The number of benzene rings is 3. The molecular formula is C27H30O3P+. The summed E-state index contributed by atoms with van der Waals surface area (Å²) in [5.41, 5.74) is -0.00335. The zero-order valence-electron chi connectivity index (χ0n) is 18.1. The minimum atomic E-state index is -1.83. The Labute approximate surface area is 185 Å². The Bertz CT molecular complexity index is 870. The zero-order valence-corrected chi connectivity index (χ0v) is 19.0. The van der Waals surface area contributed by atoms with Crippen LogP contribution in [0.5, 0.6) is 0 Å². The van der Waals surface area contributed by atoms with Crippen LogP contribution in [-0.2, 0) is 14.2 Å². The summed E-state index contributed by atoms with van der Waals surface area (Å²) in [6, 6.07) is 33.0. The van der Waals surface area contributed by atoms with Crippen LogP contribution in [-0.4, -0.2) is 32.0 Å². The van der Waals surface area contributed by atoms with E-state index in [0.717, 1.165) is 19.0 Å². The normalized spacial score (nSPS) is 25.5. The van der Waals surface area contributed by atoms with Crippen molar-refractivity contribution in [1.29, 1.82) is 0 Å². The Hall–Kier alpha value is -2.03. The van der Waals surface area contributed by atoms with Crippen molar-refractivity contribution in [3.05, 3.63) is 91.0 Å². The second-order valence-electron chi connectivity index (χ2n) is 9.00. The maximum atomic E-state index is 6.07. The Morgan fingerprint density at radius 3 is 1.42 bits per heavy atom. The van der Waals surface area contributed by atoms with Crippen molar-refractivity contribution in [3.8, 4) is 0 Å². The van der Waals surface area contributed by atoms with Crippen LogP contribution in [0.1, 0.15) is 19.8 Å². The molecular weight excluding hydrogens is 403 g/mol. The predicted molar refractivity (Wildman–Crippen MR) is 128 cm³/mol. The molecule has 0 unspecified atom stereocenters. The molecule has 3 fully saturated rings. The van der Waals surface area contributed by atoms with E-state index in [1.165, 1.54) is 15.9 Å². The molecule has 31 heavy (non-hydrogen) atoms. The molecule has 3 aliphatic rings. The van der Waals surface area contributed by atoms with Crippen molar-refractivity contribution >= 4 is 23.2 Å². The molecule has 3 heterocycles. The second-order valence-corrected chi connectivity index (χ2v) is 12.6. The summed E-state index contributed by atoms with van der Waals surface area (Å²) >= 11 is 0. The molecule has 4 heteroatoms. The van der Waals surface area contributed by atoms with Gasteiger partial charge in [0.25, 0.3) is 5.97 Å². The van der Waals surface area contributed by atoms with Gasteiger partial charge in [0.15, 0.2) is 0 Å². The monoisotopic (exact) mass is 433 g/mol. The predicted octanol–water partition coefficient (Wildman–Crippen LogP) is 4.50. The van der Waals surface area contributed by atoms with Gasteiger partial charge in [-0.2, -0.15) is 0 Å². The highest BCUT2D eigenvalue weighted by Gasteiger charge is 2.51. The molecule has 0 atom stereocenters. The van der Waals surface area contributed by atoms with Gasteiger partial charge in [-0.15, -0.1) is 0 Å². The van der Waals surface area contributed by atoms with Crippen LogP contribution >= 0.6 is 7.26 Å². The van der Waals surface area contributed by atoms with Crippen molar-refractivity contribution < 1.29 is 14.2 Å². The second kappa shape index (κ2) is 8.48. The van der Waals surface area contributed by atoms with Crippen molar-refractivity contribution in [1.82, 2.24) is 0 Å². The summed E-state index contributed by atoms with van der Waals surface area (Å²) < 4.78 is 18.2. The quantitative estimate of drug-likeness (QED) is 0.514. The van der Waals surface area contributed by atoms with Crippen LogP contribution in [0.3, 0.4) is 0 Å². The first-order valence-electron chi connectivity index (χ1n) is 11.1. The lowest BCUT2D eigenvalue weighted by molar-refractivity contribution is -0.467. The maximum absolute atomic E-state index is 6.07. The van der Waals surface area contributed by atoms with Crippen LogP contribution in [0.4, 0.5) is 0 Å². The van der Waals surface area contributed by atoms with E-state index < -0.39 is 13.2 Å². The fourth-order valence-corrected chi connectivity index (χ4v) is 9.08. The van der Waals surface area contributed by atoms with Crippen molar-refractivity contribution in [2.24, 2.45) is 5.41 Å². The number of ether oxygens (including phenoxy) is 3. The van der Waals surface area contributed by atoms with E-state index in [1.54, 1.807) is 0 Å². The number of hydrogen-bond acceptors (Lipinski definition) is 3. The molecule has 0 N–H and O–H groups in total. The molecule has 3 saturated heterocycles. The van der Waals surface area contributed by atoms with Gasteiger partial charge < -0.3 is 14.2 Å². The molecule has 0 aliphatic carbocycles. The molecule has 0 spiro atoms. The van der Waals surface area contributed by atoms with Gasteiger partial charge in [-0.05, 0) is 42.8 Å². The van der Waals surface area contributed by atoms with E-state index in [2.05, 4.69) is 97.9 Å². The van der Waals surface area contributed by atoms with Gasteiger partial charge in [0.1, 0.15) is 23.2 Å². The Balaban J connectivity index is 1.50. The lowest BCUT2D eigenvalue weighted by Gasteiger charge is -2.50. The first-order valence-corrected chi connectivity index (χ1v) is 13.1. The van der Waals surface area contributed by atoms with Crippen molar-refractivity contribution in [2.45, 2.75) is 25.7 Å².